The predicted molar refractivity (Wildman–Crippen MR) is 65.2 cm³/mol. The molecule has 16 heavy (non-hydrogen) atoms. The minimum absolute atomic E-state index is 0.114. The molecule has 0 aliphatic carbocycles. The number of ether oxygens (including phenoxy) is 1. The van der Waals surface area contributed by atoms with Crippen molar-refractivity contribution in [1.82, 2.24) is 0 Å². The summed E-state index contributed by atoms with van der Waals surface area (Å²) in [6.07, 6.45) is 10.5. The quantitative estimate of drug-likeness (QED) is 0.375. The SMILES string of the molecule is COC(=O)CCCCCC/C=C/C[C@H](C)O. The zero-order valence-electron chi connectivity index (χ0n) is 10.4. The molecule has 0 aliphatic rings. The third-order valence-corrected chi connectivity index (χ3v) is 2.37. The number of hydrogen-bond donors (Lipinski definition) is 1. The van der Waals surface area contributed by atoms with Crippen molar-refractivity contribution in [3.8, 4) is 0 Å². The molecule has 0 amide bonds. The van der Waals surface area contributed by atoms with Gasteiger partial charge >= 0.3 is 5.97 Å². The Morgan fingerprint density at radius 2 is 1.94 bits per heavy atom. The molecule has 94 valence electrons. The highest BCUT2D eigenvalue weighted by Crippen LogP contribution is 2.06. The lowest BCUT2D eigenvalue weighted by atomic mass is 10.1. The third-order valence-electron chi connectivity index (χ3n) is 2.37. The summed E-state index contributed by atoms with van der Waals surface area (Å²) in [4.78, 5) is 10.8. The van der Waals surface area contributed by atoms with Gasteiger partial charge in [-0.1, -0.05) is 25.0 Å². The molecule has 0 aliphatic heterocycles. The first-order valence-electron chi connectivity index (χ1n) is 6.06. The average molecular weight is 228 g/mol. The van der Waals surface area contributed by atoms with Crippen LogP contribution in [0.15, 0.2) is 12.2 Å². The summed E-state index contributed by atoms with van der Waals surface area (Å²) in [6.45, 7) is 1.79. The van der Waals surface area contributed by atoms with Crippen LogP contribution in [0, 0.1) is 0 Å². The number of carbonyl (C=O) groups excluding carboxylic acids is 1. The molecule has 0 radical (unpaired) electrons. The van der Waals surface area contributed by atoms with Crippen LogP contribution in [0.3, 0.4) is 0 Å². The van der Waals surface area contributed by atoms with Crippen LogP contribution in [-0.4, -0.2) is 24.3 Å². The zero-order chi connectivity index (χ0) is 12.2. The van der Waals surface area contributed by atoms with Crippen molar-refractivity contribution in [2.75, 3.05) is 7.11 Å². The molecule has 0 rings (SSSR count). The van der Waals surface area contributed by atoms with Crippen molar-refractivity contribution in [2.45, 2.75) is 58.0 Å². The maximum Gasteiger partial charge on any atom is 0.305 e. The number of rotatable bonds is 9. The van der Waals surface area contributed by atoms with Gasteiger partial charge in [-0.15, -0.1) is 0 Å². The molecule has 0 unspecified atom stereocenters. The smallest absolute Gasteiger partial charge is 0.305 e. The maximum absolute atomic E-state index is 10.8. The lowest BCUT2D eigenvalue weighted by Crippen LogP contribution is -1.99. The topological polar surface area (TPSA) is 46.5 Å². The van der Waals surface area contributed by atoms with Crippen molar-refractivity contribution in [2.24, 2.45) is 0 Å². The first-order valence-corrected chi connectivity index (χ1v) is 6.06. The molecule has 0 saturated carbocycles. The van der Waals surface area contributed by atoms with E-state index in [0.717, 1.165) is 38.5 Å². The number of allylic oxidation sites excluding steroid dienone is 1. The molecule has 0 fully saturated rings. The van der Waals surface area contributed by atoms with Gasteiger partial charge in [0.15, 0.2) is 0 Å². The number of aliphatic hydroxyl groups excluding tert-OH is 1. The van der Waals surface area contributed by atoms with Gasteiger partial charge in [-0.3, -0.25) is 4.79 Å². The van der Waals surface area contributed by atoms with E-state index >= 15 is 0 Å². The highest BCUT2D eigenvalue weighted by Gasteiger charge is 1.98. The van der Waals surface area contributed by atoms with Gasteiger partial charge in [-0.05, 0) is 32.6 Å². The second-order valence-electron chi connectivity index (χ2n) is 4.09. The Kier molecular flexibility index (Phi) is 10.1. The lowest BCUT2D eigenvalue weighted by molar-refractivity contribution is -0.140. The zero-order valence-corrected chi connectivity index (χ0v) is 10.4. The summed E-state index contributed by atoms with van der Waals surface area (Å²) in [5.41, 5.74) is 0. The average Bonchev–Trinajstić information content (AvgIpc) is 2.26. The van der Waals surface area contributed by atoms with Crippen molar-refractivity contribution < 1.29 is 14.6 Å². The summed E-state index contributed by atoms with van der Waals surface area (Å²) >= 11 is 0. The number of carbonyl (C=O) groups is 1. The molecule has 0 aromatic rings. The molecule has 0 bridgehead atoms. The second kappa shape index (κ2) is 10.7. The summed E-state index contributed by atoms with van der Waals surface area (Å²) in [5.74, 6) is -0.114. The van der Waals surface area contributed by atoms with Gasteiger partial charge in [0.1, 0.15) is 0 Å². The Morgan fingerprint density at radius 1 is 1.25 bits per heavy atom. The highest BCUT2D eigenvalue weighted by molar-refractivity contribution is 5.68. The van der Waals surface area contributed by atoms with Crippen molar-refractivity contribution in [1.29, 1.82) is 0 Å². The van der Waals surface area contributed by atoms with Crippen LogP contribution in [0.4, 0.5) is 0 Å². The number of unbranched alkanes of at least 4 members (excludes halogenated alkanes) is 4. The summed E-state index contributed by atoms with van der Waals surface area (Å²) in [6, 6.07) is 0. The van der Waals surface area contributed by atoms with Gasteiger partial charge < -0.3 is 9.84 Å². The van der Waals surface area contributed by atoms with Gasteiger partial charge in [0.2, 0.25) is 0 Å². The minimum Gasteiger partial charge on any atom is -0.469 e. The normalized spacial score (nSPS) is 12.9. The van der Waals surface area contributed by atoms with E-state index in [9.17, 15) is 4.79 Å². The van der Waals surface area contributed by atoms with Crippen LogP contribution in [-0.2, 0) is 9.53 Å². The fourth-order valence-corrected chi connectivity index (χ4v) is 1.40. The highest BCUT2D eigenvalue weighted by atomic mass is 16.5. The second-order valence-corrected chi connectivity index (χ2v) is 4.09. The fourth-order valence-electron chi connectivity index (χ4n) is 1.40. The molecular formula is C13H24O3. The molecule has 3 nitrogen and oxygen atoms in total. The number of methoxy groups -OCH3 is 1. The van der Waals surface area contributed by atoms with Gasteiger partial charge in [-0.25, -0.2) is 0 Å². The Balaban J connectivity index is 3.15. The van der Waals surface area contributed by atoms with Gasteiger partial charge in [-0.2, -0.15) is 0 Å². The monoisotopic (exact) mass is 228 g/mol. The standard InChI is InChI=1S/C13H24O3/c1-12(14)10-8-6-4-3-5-7-9-11-13(15)16-2/h6,8,12,14H,3-5,7,9-11H2,1-2H3/b8-6+/t12-/m0/s1. The lowest BCUT2D eigenvalue weighted by Gasteiger charge is -1.99. The van der Waals surface area contributed by atoms with Gasteiger partial charge in [0.25, 0.3) is 0 Å². The van der Waals surface area contributed by atoms with Crippen molar-refractivity contribution in [3.63, 3.8) is 0 Å². The number of aliphatic hydroxyl groups is 1. The molecule has 1 N–H and O–H groups in total. The summed E-state index contributed by atoms with van der Waals surface area (Å²) < 4.78 is 4.56. The molecule has 3 heteroatoms. The van der Waals surface area contributed by atoms with E-state index in [1.165, 1.54) is 7.11 Å². The molecule has 0 spiro atoms. The van der Waals surface area contributed by atoms with E-state index in [-0.39, 0.29) is 12.1 Å². The largest absolute Gasteiger partial charge is 0.469 e. The maximum atomic E-state index is 10.8. The van der Waals surface area contributed by atoms with E-state index in [4.69, 9.17) is 5.11 Å². The van der Waals surface area contributed by atoms with Crippen molar-refractivity contribution in [3.05, 3.63) is 12.2 Å². The molecule has 0 heterocycles. The van der Waals surface area contributed by atoms with E-state index in [1.807, 2.05) is 6.08 Å². The van der Waals surface area contributed by atoms with Crippen LogP contribution in [0.5, 0.6) is 0 Å². The molecule has 0 aromatic heterocycles. The van der Waals surface area contributed by atoms with Gasteiger partial charge in [0, 0.05) is 6.42 Å². The van der Waals surface area contributed by atoms with Crippen LogP contribution in [0.1, 0.15) is 51.9 Å². The molecule has 0 aromatic carbocycles. The van der Waals surface area contributed by atoms with E-state index in [2.05, 4.69) is 10.8 Å². The summed E-state index contributed by atoms with van der Waals surface area (Å²) in [5, 5.41) is 9.01. The molecule has 0 saturated heterocycles. The minimum atomic E-state index is -0.240. The Morgan fingerprint density at radius 3 is 2.56 bits per heavy atom. The van der Waals surface area contributed by atoms with Crippen LogP contribution in [0.2, 0.25) is 0 Å². The summed E-state index contributed by atoms with van der Waals surface area (Å²) in [7, 11) is 1.43. The molecular weight excluding hydrogens is 204 g/mol. The van der Waals surface area contributed by atoms with E-state index in [1.54, 1.807) is 6.92 Å². The van der Waals surface area contributed by atoms with Crippen molar-refractivity contribution >= 4 is 5.97 Å². The van der Waals surface area contributed by atoms with Gasteiger partial charge in [0.05, 0.1) is 13.2 Å². The Bertz CT molecular complexity index is 197. The molecule has 1 atom stereocenters. The first kappa shape index (κ1) is 15.2. The fraction of sp³-hybridized carbons (Fsp3) is 0.769. The van der Waals surface area contributed by atoms with Crippen LogP contribution >= 0.6 is 0 Å². The predicted octanol–water partition coefficient (Wildman–Crippen LogP) is 2.83. The number of esters is 1. The van der Waals surface area contributed by atoms with Crippen LogP contribution < -0.4 is 0 Å². The van der Waals surface area contributed by atoms with E-state index in [0.29, 0.717) is 6.42 Å². The Hall–Kier alpha value is -0.830. The Labute approximate surface area is 98.5 Å². The first-order chi connectivity index (χ1) is 7.66. The van der Waals surface area contributed by atoms with E-state index < -0.39 is 0 Å². The number of hydrogen-bond acceptors (Lipinski definition) is 3. The van der Waals surface area contributed by atoms with Crippen LogP contribution in [0.25, 0.3) is 0 Å². The third kappa shape index (κ3) is 11.2.